The van der Waals surface area contributed by atoms with Gasteiger partial charge in [-0.25, -0.2) is 17.9 Å². The molecule has 32 heavy (non-hydrogen) atoms. The first-order valence-electron chi connectivity index (χ1n) is 10.2. The van der Waals surface area contributed by atoms with Gasteiger partial charge in [-0.3, -0.25) is 0 Å². The van der Waals surface area contributed by atoms with Gasteiger partial charge in [0.05, 0.1) is 13.7 Å². The van der Waals surface area contributed by atoms with Crippen LogP contribution < -0.4 is 24.7 Å². The molecule has 0 spiro atoms. The number of sulfonamides is 1. The Morgan fingerprint density at radius 3 is 2.41 bits per heavy atom. The quantitative estimate of drug-likeness (QED) is 0.415. The van der Waals surface area contributed by atoms with Gasteiger partial charge in [-0.2, -0.15) is 0 Å². The van der Waals surface area contributed by atoms with Crippen molar-refractivity contribution in [1.82, 2.24) is 5.32 Å². The third kappa shape index (κ3) is 8.82. The van der Waals surface area contributed by atoms with Crippen molar-refractivity contribution in [2.24, 2.45) is 5.14 Å². The Balaban J connectivity index is 0.00000512. The molecule has 0 bridgehead atoms. The van der Waals surface area contributed by atoms with E-state index in [2.05, 4.69) is 5.32 Å². The van der Waals surface area contributed by atoms with Crippen LogP contribution in [0.3, 0.4) is 0 Å². The number of ether oxygens (including phenoxy) is 3. The Bertz CT molecular complexity index is 959. The van der Waals surface area contributed by atoms with Crippen LogP contribution >= 0.6 is 12.4 Å². The molecule has 2 aromatic rings. The Morgan fingerprint density at radius 1 is 1.06 bits per heavy atom. The van der Waals surface area contributed by atoms with Crippen LogP contribution in [0.15, 0.2) is 41.3 Å². The Morgan fingerprint density at radius 2 is 1.75 bits per heavy atom. The number of unbranched alkanes of at least 4 members (excludes halogenated alkanes) is 1. The van der Waals surface area contributed by atoms with Gasteiger partial charge in [-0.1, -0.05) is 19.4 Å². The zero-order chi connectivity index (χ0) is 22.9. The molecule has 1 unspecified atom stereocenters. The van der Waals surface area contributed by atoms with Gasteiger partial charge in [0, 0.05) is 18.7 Å². The van der Waals surface area contributed by atoms with Gasteiger partial charge in [0.15, 0.2) is 11.5 Å². The molecule has 3 N–H and O–H groups in total. The average Bonchev–Trinajstić information content (AvgIpc) is 2.71. The summed E-state index contributed by atoms with van der Waals surface area (Å²) in [4.78, 5) is -0.00478. The molecule has 0 fully saturated rings. The second-order valence-corrected chi connectivity index (χ2v) is 8.76. The van der Waals surface area contributed by atoms with Crippen LogP contribution in [0.4, 0.5) is 4.39 Å². The number of primary sulfonamides is 1. The summed E-state index contributed by atoms with van der Waals surface area (Å²) in [5, 5.41) is 8.67. The first-order valence-corrected chi connectivity index (χ1v) is 11.8. The van der Waals surface area contributed by atoms with Gasteiger partial charge in [0.25, 0.3) is 0 Å². The van der Waals surface area contributed by atoms with Gasteiger partial charge in [-0.05, 0) is 49.6 Å². The van der Waals surface area contributed by atoms with Crippen molar-refractivity contribution in [2.75, 3.05) is 26.9 Å². The van der Waals surface area contributed by atoms with Crippen molar-refractivity contribution in [3.63, 3.8) is 0 Å². The van der Waals surface area contributed by atoms with Gasteiger partial charge >= 0.3 is 0 Å². The Kier molecular flexibility index (Phi) is 11.8. The van der Waals surface area contributed by atoms with Crippen LogP contribution in [0, 0.1) is 5.82 Å². The second-order valence-electron chi connectivity index (χ2n) is 7.23. The number of halogens is 2. The minimum atomic E-state index is -3.90. The first-order chi connectivity index (χ1) is 14.7. The van der Waals surface area contributed by atoms with Crippen molar-refractivity contribution >= 4 is 22.4 Å². The van der Waals surface area contributed by atoms with Crippen molar-refractivity contribution < 1.29 is 27.0 Å². The SMILES string of the molecule is CCCCOc1ccc(CC(C)NCCOc2cc(F)ccc2OC)cc1S(N)(=O)=O.Cl. The highest BCUT2D eigenvalue weighted by atomic mass is 35.5. The molecule has 0 aliphatic carbocycles. The highest BCUT2D eigenvalue weighted by molar-refractivity contribution is 7.89. The monoisotopic (exact) mass is 490 g/mol. The summed E-state index contributed by atoms with van der Waals surface area (Å²) in [6, 6.07) is 9.18. The van der Waals surface area contributed by atoms with Crippen LogP contribution in [0.2, 0.25) is 0 Å². The fourth-order valence-corrected chi connectivity index (χ4v) is 3.73. The fourth-order valence-electron chi connectivity index (χ4n) is 3.00. The van der Waals surface area contributed by atoms with Crippen molar-refractivity contribution in [1.29, 1.82) is 0 Å². The average molecular weight is 491 g/mol. The predicted molar refractivity (Wildman–Crippen MR) is 125 cm³/mol. The molecule has 0 heterocycles. The van der Waals surface area contributed by atoms with E-state index in [4.69, 9.17) is 19.3 Å². The molecular formula is C22H32ClFN2O5S. The van der Waals surface area contributed by atoms with Crippen LogP contribution in [0.1, 0.15) is 32.3 Å². The van der Waals surface area contributed by atoms with E-state index >= 15 is 0 Å². The molecule has 0 aliphatic heterocycles. The largest absolute Gasteiger partial charge is 0.493 e. The number of hydrogen-bond donors (Lipinski definition) is 2. The van der Waals surface area contributed by atoms with E-state index in [1.165, 1.54) is 25.3 Å². The van der Waals surface area contributed by atoms with Crippen LogP contribution in [0.25, 0.3) is 0 Å². The molecule has 7 nitrogen and oxygen atoms in total. The molecule has 180 valence electrons. The predicted octanol–water partition coefficient (Wildman–Crippen LogP) is 3.68. The van der Waals surface area contributed by atoms with E-state index < -0.39 is 15.8 Å². The summed E-state index contributed by atoms with van der Waals surface area (Å²) in [7, 11) is -2.40. The summed E-state index contributed by atoms with van der Waals surface area (Å²) in [6.07, 6.45) is 2.36. The Labute approximate surface area is 195 Å². The van der Waals surface area contributed by atoms with Crippen molar-refractivity contribution in [2.45, 2.75) is 44.0 Å². The minimum Gasteiger partial charge on any atom is -0.493 e. The maximum atomic E-state index is 13.4. The first kappa shape index (κ1) is 28.0. The Hall–Kier alpha value is -2.07. The van der Waals surface area contributed by atoms with E-state index in [0.29, 0.717) is 37.7 Å². The highest BCUT2D eigenvalue weighted by Gasteiger charge is 2.17. The lowest BCUT2D eigenvalue weighted by Crippen LogP contribution is -2.32. The molecule has 1 atom stereocenters. The summed E-state index contributed by atoms with van der Waals surface area (Å²) in [6.45, 7) is 5.27. The maximum Gasteiger partial charge on any atom is 0.241 e. The normalized spacial score (nSPS) is 12.0. The molecule has 0 saturated carbocycles. The van der Waals surface area contributed by atoms with E-state index in [0.717, 1.165) is 18.4 Å². The minimum absolute atomic E-state index is 0. The van der Waals surface area contributed by atoms with Gasteiger partial charge in [-0.15, -0.1) is 12.4 Å². The number of benzene rings is 2. The number of nitrogens with two attached hydrogens (primary N) is 1. The van der Waals surface area contributed by atoms with Gasteiger partial charge in [0.2, 0.25) is 10.0 Å². The van der Waals surface area contributed by atoms with E-state index in [-0.39, 0.29) is 29.1 Å². The van der Waals surface area contributed by atoms with Crippen LogP contribution in [0.5, 0.6) is 17.2 Å². The van der Waals surface area contributed by atoms with Crippen LogP contribution in [-0.4, -0.2) is 41.3 Å². The molecular weight excluding hydrogens is 459 g/mol. The summed E-state index contributed by atoms with van der Waals surface area (Å²) in [5.41, 5.74) is 0.819. The molecule has 2 aromatic carbocycles. The molecule has 0 saturated heterocycles. The lowest BCUT2D eigenvalue weighted by Gasteiger charge is -2.17. The standard InChI is InChI=1S/C22H31FN2O5S.ClH/c1-4-5-11-29-20-8-6-17(14-22(20)31(24,26)27)13-16(2)25-10-12-30-21-15-18(23)7-9-19(21)28-3;/h6-9,14-16,25H,4-5,10-13H2,1-3H3,(H2,24,26,27);1H. The maximum absolute atomic E-state index is 13.4. The van der Waals surface area contributed by atoms with Crippen molar-refractivity contribution in [3.05, 3.63) is 47.8 Å². The molecule has 0 radical (unpaired) electrons. The number of nitrogens with one attached hydrogen (secondary N) is 1. The summed E-state index contributed by atoms with van der Waals surface area (Å²) >= 11 is 0. The zero-order valence-corrected chi connectivity index (χ0v) is 20.2. The zero-order valence-electron chi connectivity index (χ0n) is 18.6. The van der Waals surface area contributed by atoms with E-state index in [1.807, 2.05) is 19.9 Å². The highest BCUT2D eigenvalue weighted by Crippen LogP contribution is 2.27. The fraction of sp³-hybridized carbons (Fsp3) is 0.455. The summed E-state index contributed by atoms with van der Waals surface area (Å²) in [5.74, 6) is 0.683. The number of methoxy groups -OCH3 is 1. The lowest BCUT2D eigenvalue weighted by atomic mass is 10.1. The third-order valence-corrected chi connectivity index (χ3v) is 5.52. The van der Waals surface area contributed by atoms with Crippen molar-refractivity contribution in [3.8, 4) is 17.2 Å². The number of hydrogen-bond acceptors (Lipinski definition) is 6. The summed E-state index contributed by atoms with van der Waals surface area (Å²) < 4.78 is 53.7. The van der Waals surface area contributed by atoms with Crippen LogP contribution in [-0.2, 0) is 16.4 Å². The van der Waals surface area contributed by atoms with Gasteiger partial charge in [0.1, 0.15) is 23.1 Å². The lowest BCUT2D eigenvalue weighted by molar-refractivity contribution is 0.285. The second kappa shape index (κ2) is 13.5. The smallest absolute Gasteiger partial charge is 0.241 e. The number of rotatable bonds is 13. The topological polar surface area (TPSA) is 99.9 Å². The van der Waals surface area contributed by atoms with Gasteiger partial charge < -0.3 is 19.5 Å². The molecule has 2 rings (SSSR count). The van der Waals surface area contributed by atoms with E-state index in [1.54, 1.807) is 12.1 Å². The molecule has 0 aliphatic rings. The molecule has 10 heteroatoms. The molecule has 0 amide bonds. The third-order valence-electron chi connectivity index (χ3n) is 4.59. The van der Waals surface area contributed by atoms with E-state index in [9.17, 15) is 12.8 Å². The molecule has 0 aromatic heterocycles.